The Kier molecular flexibility index (Phi) is 5.79. The molecule has 1 unspecified atom stereocenters. The lowest BCUT2D eigenvalue weighted by Crippen LogP contribution is -2.35. The van der Waals surface area contributed by atoms with Gasteiger partial charge in [0.15, 0.2) is 0 Å². The molecule has 20 heavy (non-hydrogen) atoms. The second-order valence-electron chi connectivity index (χ2n) is 4.30. The van der Waals surface area contributed by atoms with Crippen LogP contribution in [0.5, 0.6) is 0 Å². The molecule has 6 nitrogen and oxygen atoms in total. The van der Waals surface area contributed by atoms with Gasteiger partial charge in [0, 0.05) is 17.4 Å². The maximum absolute atomic E-state index is 12.2. The van der Waals surface area contributed by atoms with Crippen LogP contribution in [0.15, 0.2) is 29.2 Å². The first-order valence-corrected chi connectivity index (χ1v) is 8.66. The highest BCUT2D eigenvalue weighted by atomic mass is 32.2. The average Bonchev–Trinajstić information content (AvgIpc) is 2.37. The predicted octanol–water partition coefficient (Wildman–Crippen LogP) is 2.88. The van der Waals surface area contributed by atoms with E-state index >= 15 is 0 Å². The largest absolute Gasteiger partial charge is 0.697 e. The van der Waals surface area contributed by atoms with Crippen LogP contribution in [0, 0.1) is 6.92 Å². The Morgan fingerprint density at radius 1 is 1.20 bits per heavy atom. The Morgan fingerprint density at radius 2 is 1.70 bits per heavy atom. The summed E-state index contributed by atoms with van der Waals surface area (Å²) in [4.78, 5) is 8.84. The zero-order valence-electron chi connectivity index (χ0n) is 11.6. The molecule has 1 atom stereocenters. The molecule has 1 N–H and O–H groups in total. The van der Waals surface area contributed by atoms with Crippen molar-refractivity contribution in [3.63, 3.8) is 0 Å². The van der Waals surface area contributed by atoms with Gasteiger partial charge in [-0.3, -0.25) is 0 Å². The first-order chi connectivity index (χ1) is 9.24. The molecule has 0 fully saturated rings. The van der Waals surface area contributed by atoms with Crippen molar-refractivity contribution >= 4 is 18.4 Å². The topological polar surface area (TPSA) is 89.9 Å². The summed E-state index contributed by atoms with van der Waals surface area (Å²) in [7, 11) is -7.04. The summed E-state index contributed by atoms with van der Waals surface area (Å²) in [6.07, 6.45) is 0.243. The third kappa shape index (κ3) is 4.33. The molecule has 0 aliphatic rings. The molecule has 0 saturated carbocycles. The van der Waals surface area contributed by atoms with Gasteiger partial charge in [-0.2, -0.15) is 8.42 Å². The molecule has 0 spiro atoms. The van der Waals surface area contributed by atoms with Gasteiger partial charge in [-0.25, -0.2) is 4.18 Å². The Balaban J connectivity index is 3.08. The highest BCUT2D eigenvalue weighted by Gasteiger charge is 2.43. The molecule has 0 radical (unpaired) electrons. The van der Waals surface area contributed by atoms with Gasteiger partial charge < -0.3 is 0 Å². The van der Waals surface area contributed by atoms with Gasteiger partial charge in [0.1, 0.15) is 0 Å². The molecule has 1 rings (SSSR count). The standard InChI is InChI=1S/C12H17O6PS/c1-4-12(5-2,17-19(13)14)18-20(15,16)11-8-6-10(3)7-9-11/h6-9H,4-5H2,1-3H3/p+1. The lowest BCUT2D eigenvalue weighted by Gasteiger charge is -2.24. The first-order valence-electron chi connectivity index (χ1n) is 6.12. The molecular weight excluding hydrogens is 303 g/mol. The van der Waals surface area contributed by atoms with Crippen LogP contribution in [-0.2, 0) is 23.4 Å². The second kappa shape index (κ2) is 6.74. The predicted molar refractivity (Wildman–Crippen MR) is 73.7 cm³/mol. The van der Waals surface area contributed by atoms with Gasteiger partial charge in [-0.05, 0) is 19.1 Å². The zero-order chi connectivity index (χ0) is 15.4. The van der Waals surface area contributed by atoms with Crippen molar-refractivity contribution in [2.24, 2.45) is 0 Å². The quantitative estimate of drug-likeness (QED) is 0.472. The van der Waals surface area contributed by atoms with E-state index in [1.165, 1.54) is 12.1 Å². The Hall–Kier alpha value is -0.850. The van der Waals surface area contributed by atoms with E-state index in [1.54, 1.807) is 26.0 Å². The number of benzene rings is 1. The summed E-state index contributed by atoms with van der Waals surface area (Å²) in [5.41, 5.74) is 0.913. The third-order valence-electron chi connectivity index (χ3n) is 2.89. The molecule has 1 aromatic carbocycles. The maximum atomic E-state index is 12.2. The van der Waals surface area contributed by atoms with Gasteiger partial charge in [0.2, 0.25) is 5.79 Å². The molecule has 1 aromatic rings. The van der Waals surface area contributed by atoms with Crippen molar-refractivity contribution in [1.82, 2.24) is 0 Å². The molecule has 0 aliphatic carbocycles. The molecule has 112 valence electrons. The van der Waals surface area contributed by atoms with Crippen LogP contribution in [0.4, 0.5) is 0 Å². The minimum atomic E-state index is -4.07. The van der Waals surface area contributed by atoms with Crippen molar-refractivity contribution in [2.45, 2.75) is 44.3 Å². The van der Waals surface area contributed by atoms with Crippen LogP contribution in [0.2, 0.25) is 0 Å². The van der Waals surface area contributed by atoms with Crippen LogP contribution < -0.4 is 0 Å². The summed E-state index contributed by atoms with van der Waals surface area (Å²) < 4.78 is 45.1. The first kappa shape index (κ1) is 17.2. The normalized spacial score (nSPS) is 13.3. The van der Waals surface area contributed by atoms with E-state index < -0.39 is 24.2 Å². The lowest BCUT2D eigenvalue weighted by atomic mass is 10.2. The highest BCUT2D eigenvalue weighted by Crippen LogP contribution is 2.35. The molecule has 0 aliphatic heterocycles. The van der Waals surface area contributed by atoms with Gasteiger partial charge in [0.25, 0.3) is 10.1 Å². The SMILES string of the molecule is CCC(CC)(O[P+](=O)O)OS(=O)(=O)c1ccc(C)cc1. The molecule has 0 heterocycles. The fourth-order valence-corrected chi connectivity index (χ4v) is 3.47. The van der Waals surface area contributed by atoms with Gasteiger partial charge in [-0.15, -0.1) is 4.89 Å². The Labute approximate surface area is 119 Å². The Morgan fingerprint density at radius 3 is 2.10 bits per heavy atom. The smallest absolute Gasteiger partial charge is 0.226 e. The van der Waals surface area contributed by atoms with Crippen LogP contribution in [0.3, 0.4) is 0 Å². The van der Waals surface area contributed by atoms with Crippen molar-refractivity contribution in [1.29, 1.82) is 0 Å². The summed E-state index contributed by atoms with van der Waals surface area (Å²) in [5, 5.41) is 0. The van der Waals surface area contributed by atoms with Crippen LogP contribution >= 0.6 is 8.25 Å². The van der Waals surface area contributed by atoms with Gasteiger partial charge >= 0.3 is 8.25 Å². The molecule has 0 amide bonds. The van der Waals surface area contributed by atoms with Crippen molar-refractivity contribution in [3.8, 4) is 0 Å². The lowest BCUT2D eigenvalue weighted by molar-refractivity contribution is -0.115. The summed E-state index contributed by atoms with van der Waals surface area (Å²) >= 11 is 0. The van der Waals surface area contributed by atoms with E-state index in [0.29, 0.717) is 0 Å². The average molecular weight is 321 g/mol. The van der Waals surface area contributed by atoms with Gasteiger partial charge in [0.05, 0.1) is 4.90 Å². The molecule has 0 saturated heterocycles. The van der Waals surface area contributed by atoms with E-state index in [9.17, 15) is 13.0 Å². The van der Waals surface area contributed by atoms with Crippen molar-refractivity contribution in [3.05, 3.63) is 29.8 Å². The number of rotatable bonds is 7. The van der Waals surface area contributed by atoms with E-state index in [1.807, 2.05) is 6.92 Å². The third-order valence-corrected chi connectivity index (χ3v) is 4.75. The molecular formula is C12H18O6PS+. The van der Waals surface area contributed by atoms with E-state index in [0.717, 1.165) is 5.56 Å². The summed E-state index contributed by atoms with van der Waals surface area (Å²) in [6.45, 7) is 5.07. The molecule has 0 bridgehead atoms. The fraction of sp³-hybridized carbons (Fsp3) is 0.500. The minimum absolute atomic E-state index is 0.0221. The minimum Gasteiger partial charge on any atom is -0.226 e. The van der Waals surface area contributed by atoms with Crippen molar-refractivity contribution < 1.29 is 26.6 Å². The van der Waals surface area contributed by atoms with Crippen molar-refractivity contribution in [2.75, 3.05) is 0 Å². The molecule has 8 heteroatoms. The van der Waals surface area contributed by atoms with E-state index in [4.69, 9.17) is 13.6 Å². The zero-order valence-corrected chi connectivity index (χ0v) is 13.3. The Bertz CT molecular complexity index is 562. The van der Waals surface area contributed by atoms with Crippen LogP contribution in [0.1, 0.15) is 32.3 Å². The summed E-state index contributed by atoms with van der Waals surface area (Å²) in [6, 6.07) is 6.12. The molecule has 0 aromatic heterocycles. The van der Waals surface area contributed by atoms with E-state index in [2.05, 4.69) is 0 Å². The number of hydrogen-bond acceptors (Lipinski definition) is 5. The monoisotopic (exact) mass is 321 g/mol. The van der Waals surface area contributed by atoms with Gasteiger partial charge in [-0.1, -0.05) is 36.1 Å². The van der Waals surface area contributed by atoms with Crippen LogP contribution in [0.25, 0.3) is 0 Å². The maximum Gasteiger partial charge on any atom is 0.697 e. The van der Waals surface area contributed by atoms with E-state index in [-0.39, 0.29) is 17.7 Å². The highest BCUT2D eigenvalue weighted by molar-refractivity contribution is 7.86. The van der Waals surface area contributed by atoms with Crippen LogP contribution in [-0.4, -0.2) is 19.1 Å². The summed E-state index contributed by atoms with van der Waals surface area (Å²) in [5.74, 6) is -1.63. The number of aryl methyl sites for hydroxylation is 1. The number of hydrogen-bond donors (Lipinski definition) is 1. The second-order valence-corrected chi connectivity index (χ2v) is 6.50. The fourth-order valence-electron chi connectivity index (χ4n) is 1.61.